The SMILES string of the molecule is NCC1CCCCCC1N1CCOCC1. The molecule has 2 rings (SSSR count). The first-order valence-electron chi connectivity index (χ1n) is 6.43. The maximum Gasteiger partial charge on any atom is 0.0594 e. The van der Waals surface area contributed by atoms with Gasteiger partial charge in [0.15, 0.2) is 0 Å². The minimum absolute atomic E-state index is 0.727. The zero-order valence-electron chi connectivity index (χ0n) is 9.66. The lowest BCUT2D eigenvalue weighted by Crippen LogP contribution is -2.48. The first kappa shape index (κ1) is 11.4. The molecule has 1 saturated carbocycles. The Morgan fingerprint density at radius 3 is 2.53 bits per heavy atom. The third-order valence-electron chi connectivity index (χ3n) is 3.94. The second-order valence-electron chi connectivity index (χ2n) is 4.85. The van der Waals surface area contributed by atoms with E-state index in [9.17, 15) is 0 Å². The van der Waals surface area contributed by atoms with Crippen molar-refractivity contribution in [2.75, 3.05) is 32.8 Å². The van der Waals surface area contributed by atoms with Crippen LogP contribution in [0.15, 0.2) is 0 Å². The summed E-state index contributed by atoms with van der Waals surface area (Å²) in [5.41, 5.74) is 5.91. The van der Waals surface area contributed by atoms with Crippen LogP contribution in [0.3, 0.4) is 0 Å². The predicted octanol–water partition coefficient (Wildman–Crippen LogP) is 1.23. The molecule has 0 aromatic heterocycles. The van der Waals surface area contributed by atoms with Gasteiger partial charge in [0.2, 0.25) is 0 Å². The van der Waals surface area contributed by atoms with Crippen molar-refractivity contribution in [1.29, 1.82) is 0 Å². The van der Waals surface area contributed by atoms with Crippen molar-refractivity contribution in [3.63, 3.8) is 0 Å². The van der Waals surface area contributed by atoms with Gasteiger partial charge in [-0.2, -0.15) is 0 Å². The Labute approximate surface area is 93.0 Å². The summed E-state index contributed by atoms with van der Waals surface area (Å²) < 4.78 is 5.42. The van der Waals surface area contributed by atoms with Gasteiger partial charge in [-0.3, -0.25) is 4.90 Å². The Hall–Kier alpha value is -0.120. The van der Waals surface area contributed by atoms with E-state index in [1.165, 1.54) is 32.1 Å². The van der Waals surface area contributed by atoms with Crippen molar-refractivity contribution >= 4 is 0 Å². The quantitative estimate of drug-likeness (QED) is 0.700. The molecule has 2 N–H and O–H groups in total. The van der Waals surface area contributed by atoms with Crippen molar-refractivity contribution in [2.24, 2.45) is 11.7 Å². The van der Waals surface area contributed by atoms with E-state index < -0.39 is 0 Å². The molecule has 3 nitrogen and oxygen atoms in total. The molecule has 1 aliphatic carbocycles. The molecule has 0 bridgehead atoms. The molecule has 2 unspecified atom stereocenters. The Kier molecular flexibility index (Phi) is 4.42. The van der Waals surface area contributed by atoms with Gasteiger partial charge in [0.25, 0.3) is 0 Å². The summed E-state index contributed by atoms with van der Waals surface area (Å²) in [5, 5.41) is 0. The van der Waals surface area contributed by atoms with Gasteiger partial charge in [-0.25, -0.2) is 0 Å². The zero-order chi connectivity index (χ0) is 10.5. The fourth-order valence-electron chi connectivity index (χ4n) is 3.03. The molecule has 1 aliphatic heterocycles. The average Bonchev–Trinajstić information content (AvgIpc) is 2.55. The van der Waals surface area contributed by atoms with E-state index >= 15 is 0 Å². The predicted molar refractivity (Wildman–Crippen MR) is 61.8 cm³/mol. The van der Waals surface area contributed by atoms with Crippen molar-refractivity contribution in [2.45, 2.75) is 38.1 Å². The van der Waals surface area contributed by atoms with Crippen molar-refractivity contribution in [3.05, 3.63) is 0 Å². The number of hydrogen-bond donors (Lipinski definition) is 1. The van der Waals surface area contributed by atoms with Gasteiger partial charge in [0, 0.05) is 19.1 Å². The third kappa shape index (κ3) is 2.92. The van der Waals surface area contributed by atoms with Crippen LogP contribution in [-0.4, -0.2) is 43.8 Å². The first-order chi connectivity index (χ1) is 7.42. The van der Waals surface area contributed by atoms with Gasteiger partial charge >= 0.3 is 0 Å². The highest BCUT2D eigenvalue weighted by Gasteiger charge is 2.28. The Balaban J connectivity index is 1.95. The summed E-state index contributed by atoms with van der Waals surface area (Å²) in [6, 6.07) is 0.737. The number of rotatable bonds is 2. The molecule has 0 aromatic carbocycles. The minimum atomic E-state index is 0.727. The standard InChI is InChI=1S/C12H24N2O/c13-10-11-4-2-1-3-5-12(11)14-6-8-15-9-7-14/h11-12H,1-10,13H2. The van der Waals surface area contributed by atoms with Crippen LogP contribution in [0.5, 0.6) is 0 Å². The molecule has 0 aromatic rings. The second-order valence-corrected chi connectivity index (χ2v) is 4.85. The lowest BCUT2D eigenvalue weighted by atomic mass is 9.93. The third-order valence-corrected chi connectivity index (χ3v) is 3.94. The number of hydrogen-bond acceptors (Lipinski definition) is 3. The number of ether oxygens (including phenoxy) is 1. The summed E-state index contributed by atoms with van der Waals surface area (Å²) in [5.74, 6) is 0.727. The van der Waals surface area contributed by atoms with E-state index in [0.29, 0.717) is 0 Å². The average molecular weight is 212 g/mol. The van der Waals surface area contributed by atoms with Crippen LogP contribution in [0.1, 0.15) is 32.1 Å². The van der Waals surface area contributed by atoms with Crippen LogP contribution in [0.2, 0.25) is 0 Å². The summed E-state index contributed by atoms with van der Waals surface area (Å²) in [6.07, 6.45) is 6.85. The van der Waals surface area contributed by atoms with Crippen molar-refractivity contribution < 1.29 is 4.74 Å². The molecule has 15 heavy (non-hydrogen) atoms. The molecule has 1 saturated heterocycles. The minimum Gasteiger partial charge on any atom is -0.379 e. The van der Waals surface area contributed by atoms with E-state index in [1.807, 2.05) is 0 Å². The highest BCUT2D eigenvalue weighted by molar-refractivity contribution is 4.83. The maximum absolute atomic E-state index is 5.91. The van der Waals surface area contributed by atoms with E-state index in [1.54, 1.807) is 0 Å². The van der Waals surface area contributed by atoms with Gasteiger partial charge in [-0.15, -0.1) is 0 Å². The molecule has 2 aliphatic rings. The van der Waals surface area contributed by atoms with Gasteiger partial charge in [-0.1, -0.05) is 19.3 Å². The molecule has 2 fully saturated rings. The molecule has 0 amide bonds. The molecule has 0 radical (unpaired) electrons. The highest BCUT2D eigenvalue weighted by Crippen LogP contribution is 2.27. The molecular formula is C12H24N2O. The summed E-state index contributed by atoms with van der Waals surface area (Å²) >= 11 is 0. The van der Waals surface area contributed by atoms with Gasteiger partial charge in [0.1, 0.15) is 0 Å². The Bertz CT molecular complexity index is 180. The number of morpholine rings is 1. The molecule has 0 spiro atoms. The van der Waals surface area contributed by atoms with Crippen LogP contribution in [0, 0.1) is 5.92 Å². The highest BCUT2D eigenvalue weighted by atomic mass is 16.5. The normalized spacial score (nSPS) is 35.0. The van der Waals surface area contributed by atoms with Crippen molar-refractivity contribution in [3.8, 4) is 0 Å². The fourth-order valence-corrected chi connectivity index (χ4v) is 3.03. The smallest absolute Gasteiger partial charge is 0.0594 e. The number of nitrogens with zero attached hydrogens (tertiary/aromatic N) is 1. The summed E-state index contributed by atoms with van der Waals surface area (Å²) in [6.45, 7) is 4.91. The van der Waals surface area contributed by atoms with Gasteiger partial charge in [-0.05, 0) is 25.3 Å². The van der Waals surface area contributed by atoms with Crippen LogP contribution in [-0.2, 0) is 4.74 Å². The Morgan fingerprint density at radius 2 is 1.80 bits per heavy atom. The number of nitrogens with two attached hydrogens (primary N) is 1. The zero-order valence-corrected chi connectivity index (χ0v) is 9.66. The molecule has 88 valence electrons. The van der Waals surface area contributed by atoms with E-state index in [0.717, 1.165) is 44.8 Å². The lowest BCUT2D eigenvalue weighted by molar-refractivity contribution is 0.00176. The largest absolute Gasteiger partial charge is 0.379 e. The van der Waals surface area contributed by atoms with Crippen LogP contribution in [0.4, 0.5) is 0 Å². The topological polar surface area (TPSA) is 38.5 Å². The van der Waals surface area contributed by atoms with Crippen molar-refractivity contribution in [1.82, 2.24) is 4.90 Å². The van der Waals surface area contributed by atoms with Crippen LogP contribution in [0.25, 0.3) is 0 Å². The molecule has 3 heteroatoms. The molecule has 2 atom stereocenters. The first-order valence-corrected chi connectivity index (χ1v) is 6.43. The molecule has 1 heterocycles. The fraction of sp³-hybridized carbons (Fsp3) is 1.00. The Morgan fingerprint density at radius 1 is 1.07 bits per heavy atom. The maximum atomic E-state index is 5.91. The molecular weight excluding hydrogens is 188 g/mol. The van der Waals surface area contributed by atoms with E-state index in [4.69, 9.17) is 10.5 Å². The van der Waals surface area contributed by atoms with E-state index in [2.05, 4.69) is 4.90 Å². The van der Waals surface area contributed by atoms with Crippen LogP contribution < -0.4 is 5.73 Å². The van der Waals surface area contributed by atoms with Gasteiger partial charge in [0.05, 0.1) is 13.2 Å². The summed E-state index contributed by atoms with van der Waals surface area (Å²) in [4.78, 5) is 2.62. The second kappa shape index (κ2) is 5.83. The van der Waals surface area contributed by atoms with Gasteiger partial charge < -0.3 is 10.5 Å². The summed E-state index contributed by atoms with van der Waals surface area (Å²) in [7, 11) is 0. The lowest BCUT2D eigenvalue weighted by Gasteiger charge is -2.38. The monoisotopic (exact) mass is 212 g/mol. The van der Waals surface area contributed by atoms with E-state index in [-0.39, 0.29) is 0 Å². The van der Waals surface area contributed by atoms with Crippen LogP contribution >= 0.6 is 0 Å².